The molecule has 0 radical (unpaired) electrons. The van der Waals surface area contributed by atoms with Gasteiger partial charge in [0, 0.05) is 5.69 Å². The highest BCUT2D eigenvalue weighted by Crippen LogP contribution is 2.21. The van der Waals surface area contributed by atoms with Crippen molar-refractivity contribution >= 4 is 11.6 Å². The summed E-state index contributed by atoms with van der Waals surface area (Å²) in [6, 6.07) is 12.5. The highest BCUT2D eigenvalue weighted by Gasteiger charge is 2.14. The Morgan fingerprint density at radius 3 is 2.80 bits per heavy atom. The van der Waals surface area contributed by atoms with E-state index < -0.39 is 0 Å². The van der Waals surface area contributed by atoms with Crippen molar-refractivity contribution in [1.29, 1.82) is 0 Å². The molecule has 0 aliphatic carbocycles. The fourth-order valence-electron chi connectivity index (χ4n) is 2.38. The lowest BCUT2D eigenvalue weighted by atomic mass is 10.1. The molecule has 3 aromatic heterocycles. The third kappa shape index (κ3) is 3.20. The molecule has 1 N–H and O–H groups in total. The van der Waals surface area contributed by atoms with Crippen LogP contribution in [0.1, 0.15) is 21.8 Å². The standard InChI is InChI=1S/C18H13N3O4/c22-18(13-7-9-23-11-13)19-14-5-2-1-4-12(14)10-16-20-17(21-25-16)15-6-3-8-24-15/h1-9,11H,10H2,(H,19,22). The van der Waals surface area contributed by atoms with Crippen LogP contribution in [-0.2, 0) is 6.42 Å². The van der Waals surface area contributed by atoms with Gasteiger partial charge in [0.1, 0.15) is 6.26 Å². The number of para-hydroxylation sites is 1. The summed E-state index contributed by atoms with van der Waals surface area (Å²) >= 11 is 0. The van der Waals surface area contributed by atoms with E-state index >= 15 is 0 Å². The fraction of sp³-hybridized carbons (Fsp3) is 0.0556. The van der Waals surface area contributed by atoms with Gasteiger partial charge in [-0.05, 0) is 29.8 Å². The van der Waals surface area contributed by atoms with E-state index in [1.165, 1.54) is 12.5 Å². The van der Waals surface area contributed by atoms with Gasteiger partial charge in [0.15, 0.2) is 5.76 Å². The maximum absolute atomic E-state index is 12.2. The Balaban J connectivity index is 1.54. The number of nitrogens with one attached hydrogen (secondary N) is 1. The van der Waals surface area contributed by atoms with Crippen LogP contribution in [0.4, 0.5) is 5.69 Å². The van der Waals surface area contributed by atoms with Gasteiger partial charge in [-0.1, -0.05) is 23.4 Å². The van der Waals surface area contributed by atoms with Crippen LogP contribution in [0.3, 0.4) is 0 Å². The van der Waals surface area contributed by atoms with E-state index in [2.05, 4.69) is 15.5 Å². The molecule has 7 nitrogen and oxygen atoms in total. The Labute approximate surface area is 142 Å². The maximum Gasteiger partial charge on any atom is 0.258 e. The van der Waals surface area contributed by atoms with Gasteiger partial charge in [-0.15, -0.1) is 0 Å². The minimum atomic E-state index is -0.247. The van der Waals surface area contributed by atoms with Gasteiger partial charge >= 0.3 is 0 Å². The Morgan fingerprint density at radius 2 is 2.00 bits per heavy atom. The van der Waals surface area contributed by atoms with Gasteiger partial charge in [0.05, 0.1) is 24.5 Å². The van der Waals surface area contributed by atoms with Crippen molar-refractivity contribution < 1.29 is 18.2 Å². The third-order valence-electron chi connectivity index (χ3n) is 3.60. The SMILES string of the molecule is O=C(Nc1ccccc1Cc1nc(-c2ccco2)no1)c1ccoc1. The van der Waals surface area contributed by atoms with Crippen LogP contribution < -0.4 is 5.32 Å². The molecular formula is C18H13N3O4. The molecule has 4 rings (SSSR count). The molecule has 0 atom stereocenters. The number of hydrogen-bond donors (Lipinski definition) is 1. The largest absolute Gasteiger partial charge is 0.472 e. The Morgan fingerprint density at radius 1 is 1.08 bits per heavy atom. The van der Waals surface area contributed by atoms with E-state index in [0.29, 0.717) is 35.1 Å². The lowest BCUT2D eigenvalue weighted by Crippen LogP contribution is -2.12. The minimum absolute atomic E-state index is 0.247. The first kappa shape index (κ1) is 14.9. The molecule has 1 aromatic carbocycles. The van der Waals surface area contributed by atoms with Crippen LogP contribution >= 0.6 is 0 Å². The molecular weight excluding hydrogens is 322 g/mol. The number of carbonyl (C=O) groups is 1. The summed E-state index contributed by atoms with van der Waals surface area (Å²) in [5.41, 5.74) is 1.98. The molecule has 124 valence electrons. The summed E-state index contributed by atoms with van der Waals surface area (Å²) in [6.07, 6.45) is 4.78. The lowest BCUT2D eigenvalue weighted by molar-refractivity contribution is 0.102. The predicted octanol–water partition coefficient (Wildman–Crippen LogP) is 3.77. The average molecular weight is 335 g/mol. The first-order valence-electron chi connectivity index (χ1n) is 7.57. The second kappa shape index (κ2) is 6.48. The normalized spacial score (nSPS) is 10.7. The van der Waals surface area contributed by atoms with E-state index in [4.69, 9.17) is 13.4 Å². The van der Waals surface area contributed by atoms with Gasteiger partial charge in [-0.2, -0.15) is 4.98 Å². The highest BCUT2D eigenvalue weighted by molar-refractivity contribution is 6.04. The van der Waals surface area contributed by atoms with E-state index in [0.717, 1.165) is 5.56 Å². The third-order valence-corrected chi connectivity index (χ3v) is 3.60. The van der Waals surface area contributed by atoms with Crippen molar-refractivity contribution in [3.63, 3.8) is 0 Å². The van der Waals surface area contributed by atoms with Gasteiger partial charge < -0.3 is 18.7 Å². The van der Waals surface area contributed by atoms with Crippen molar-refractivity contribution in [1.82, 2.24) is 10.1 Å². The number of carbonyl (C=O) groups excluding carboxylic acids is 1. The molecule has 4 aromatic rings. The fourth-order valence-corrected chi connectivity index (χ4v) is 2.38. The summed E-state index contributed by atoms with van der Waals surface area (Å²) in [7, 11) is 0. The van der Waals surface area contributed by atoms with Crippen molar-refractivity contribution in [3.8, 4) is 11.6 Å². The molecule has 0 saturated carbocycles. The van der Waals surface area contributed by atoms with E-state index in [1.54, 1.807) is 24.5 Å². The quantitative estimate of drug-likeness (QED) is 0.596. The lowest BCUT2D eigenvalue weighted by Gasteiger charge is -2.08. The molecule has 0 unspecified atom stereocenters. The summed E-state index contributed by atoms with van der Waals surface area (Å²) < 4.78 is 15.5. The zero-order chi connectivity index (χ0) is 17.1. The Bertz CT molecular complexity index is 972. The first-order chi connectivity index (χ1) is 12.3. The number of benzene rings is 1. The summed E-state index contributed by atoms with van der Waals surface area (Å²) in [4.78, 5) is 16.5. The topological polar surface area (TPSA) is 94.3 Å². The zero-order valence-electron chi connectivity index (χ0n) is 13.0. The number of nitrogens with zero attached hydrogens (tertiary/aromatic N) is 2. The molecule has 0 spiro atoms. The van der Waals surface area contributed by atoms with Crippen LogP contribution in [0.5, 0.6) is 0 Å². The van der Waals surface area contributed by atoms with Crippen molar-refractivity contribution in [2.75, 3.05) is 5.32 Å². The summed E-state index contributed by atoms with van der Waals surface area (Å²) in [5, 5.41) is 6.77. The number of amides is 1. The molecule has 0 bridgehead atoms. The second-order valence-corrected chi connectivity index (χ2v) is 5.29. The van der Waals surface area contributed by atoms with Crippen LogP contribution in [0.15, 0.2) is 74.6 Å². The molecule has 0 saturated heterocycles. The monoisotopic (exact) mass is 335 g/mol. The molecule has 0 aliphatic heterocycles. The van der Waals surface area contributed by atoms with Crippen molar-refractivity contribution in [2.45, 2.75) is 6.42 Å². The number of anilines is 1. The van der Waals surface area contributed by atoms with E-state index in [-0.39, 0.29) is 5.91 Å². The highest BCUT2D eigenvalue weighted by atomic mass is 16.5. The number of rotatable bonds is 5. The molecule has 0 aliphatic rings. The molecule has 1 amide bonds. The summed E-state index contributed by atoms with van der Waals surface area (Å²) in [5.74, 6) is 1.11. The minimum Gasteiger partial charge on any atom is -0.472 e. The van der Waals surface area contributed by atoms with Crippen molar-refractivity contribution in [3.05, 3.63) is 78.3 Å². The summed E-state index contributed by atoms with van der Waals surface area (Å²) in [6.45, 7) is 0. The van der Waals surface area contributed by atoms with Crippen LogP contribution in [0, 0.1) is 0 Å². The molecule has 3 heterocycles. The van der Waals surface area contributed by atoms with Crippen LogP contribution in [0.2, 0.25) is 0 Å². The predicted molar refractivity (Wildman–Crippen MR) is 87.9 cm³/mol. The molecule has 25 heavy (non-hydrogen) atoms. The number of aromatic nitrogens is 2. The average Bonchev–Trinajstić information content (AvgIpc) is 3.38. The van der Waals surface area contributed by atoms with Crippen LogP contribution in [0.25, 0.3) is 11.6 Å². The van der Waals surface area contributed by atoms with Gasteiger partial charge in [0.25, 0.3) is 5.91 Å². The van der Waals surface area contributed by atoms with Crippen molar-refractivity contribution in [2.24, 2.45) is 0 Å². The second-order valence-electron chi connectivity index (χ2n) is 5.29. The number of furan rings is 2. The molecule has 7 heteroatoms. The molecule has 0 fully saturated rings. The Kier molecular flexibility index (Phi) is 3.88. The van der Waals surface area contributed by atoms with Gasteiger partial charge in [0.2, 0.25) is 11.7 Å². The number of hydrogen-bond acceptors (Lipinski definition) is 6. The maximum atomic E-state index is 12.2. The van der Waals surface area contributed by atoms with E-state index in [9.17, 15) is 4.79 Å². The van der Waals surface area contributed by atoms with Gasteiger partial charge in [-0.3, -0.25) is 4.79 Å². The van der Waals surface area contributed by atoms with E-state index in [1.807, 2.05) is 24.3 Å². The Hall–Kier alpha value is -3.61. The first-order valence-corrected chi connectivity index (χ1v) is 7.57. The zero-order valence-corrected chi connectivity index (χ0v) is 13.0. The van der Waals surface area contributed by atoms with Gasteiger partial charge in [-0.25, -0.2) is 0 Å². The van der Waals surface area contributed by atoms with Crippen LogP contribution in [-0.4, -0.2) is 16.0 Å². The smallest absolute Gasteiger partial charge is 0.258 e.